The molecule has 7 nitrogen and oxygen atoms in total. The van der Waals surface area contributed by atoms with Crippen molar-refractivity contribution in [2.75, 3.05) is 30.4 Å². The molecule has 25 heavy (non-hydrogen) atoms. The Labute approximate surface area is 145 Å². The first-order valence-electron chi connectivity index (χ1n) is 8.18. The first kappa shape index (κ1) is 17.1. The fourth-order valence-electron chi connectivity index (χ4n) is 2.92. The molecule has 132 valence electrons. The molecule has 1 fully saturated rings. The topological polar surface area (TPSA) is 83.0 Å². The van der Waals surface area contributed by atoms with Gasteiger partial charge in [0.05, 0.1) is 11.9 Å². The van der Waals surface area contributed by atoms with Crippen LogP contribution in [0.3, 0.4) is 0 Å². The summed E-state index contributed by atoms with van der Waals surface area (Å²) in [6.07, 6.45) is 3.61. The van der Waals surface area contributed by atoms with Gasteiger partial charge in [-0.15, -0.1) is 0 Å². The number of pyridine rings is 1. The van der Waals surface area contributed by atoms with E-state index < -0.39 is 0 Å². The molecule has 1 saturated heterocycles. The summed E-state index contributed by atoms with van der Waals surface area (Å²) in [5.74, 6) is 0.247. The molecule has 1 aliphatic rings. The number of carbonyl (C=O) groups excluding carboxylic acids is 1. The zero-order valence-electron chi connectivity index (χ0n) is 14.5. The Morgan fingerprint density at radius 3 is 2.88 bits per heavy atom. The van der Waals surface area contributed by atoms with Crippen molar-refractivity contribution < 1.29 is 9.18 Å². The van der Waals surface area contributed by atoms with Gasteiger partial charge in [0.15, 0.2) is 5.82 Å². The van der Waals surface area contributed by atoms with Crippen LogP contribution in [0.2, 0.25) is 0 Å². The summed E-state index contributed by atoms with van der Waals surface area (Å²) in [7, 11) is 1.56. The molecule has 1 amide bonds. The number of carbonyl (C=O) groups is 1. The Morgan fingerprint density at radius 2 is 2.16 bits per heavy atom. The molecule has 3 rings (SSSR count). The van der Waals surface area contributed by atoms with Gasteiger partial charge in [-0.05, 0) is 26.3 Å². The molecule has 0 spiro atoms. The van der Waals surface area contributed by atoms with E-state index in [1.165, 1.54) is 6.20 Å². The van der Waals surface area contributed by atoms with Crippen molar-refractivity contribution in [2.24, 2.45) is 0 Å². The van der Waals surface area contributed by atoms with E-state index in [0.29, 0.717) is 12.2 Å². The van der Waals surface area contributed by atoms with E-state index >= 15 is 0 Å². The van der Waals surface area contributed by atoms with Gasteiger partial charge in [-0.25, -0.2) is 14.4 Å². The van der Waals surface area contributed by atoms with E-state index in [1.54, 1.807) is 19.3 Å². The van der Waals surface area contributed by atoms with E-state index in [0.717, 1.165) is 30.0 Å². The van der Waals surface area contributed by atoms with Gasteiger partial charge in [0.2, 0.25) is 5.82 Å². The summed E-state index contributed by atoms with van der Waals surface area (Å²) in [5, 5.41) is 5.76. The molecular weight excluding hydrogens is 323 g/mol. The summed E-state index contributed by atoms with van der Waals surface area (Å²) >= 11 is 0. The minimum atomic E-state index is -0.364. The van der Waals surface area contributed by atoms with Gasteiger partial charge in [-0.1, -0.05) is 0 Å². The SMILES string of the molecule is CNC(=O)c1nc(C)c(C)c(N2CC[C@@H](Nc3ccncc3F)C2)n1. The van der Waals surface area contributed by atoms with E-state index in [9.17, 15) is 9.18 Å². The number of halogens is 1. The Hall–Kier alpha value is -2.77. The summed E-state index contributed by atoms with van der Waals surface area (Å²) < 4.78 is 13.8. The zero-order chi connectivity index (χ0) is 18.0. The number of aryl methyl sites for hydroxylation is 1. The molecule has 0 radical (unpaired) electrons. The first-order valence-corrected chi connectivity index (χ1v) is 8.18. The van der Waals surface area contributed by atoms with Crippen LogP contribution in [0.25, 0.3) is 0 Å². The largest absolute Gasteiger partial charge is 0.378 e. The fourth-order valence-corrected chi connectivity index (χ4v) is 2.92. The van der Waals surface area contributed by atoms with E-state index in [4.69, 9.17) is 0 Å². The highest BCUT2D eigenvalue weighted by atomic mass is 19.1. The zero-order valence-corrected chi connectivity index (χ0v) is 14.5. The number of hydrogen-bond donors (Lipinski definition) is 2. The van der Waals surface area contributed by atoms with Crippen LogP contribution in [-0.4, -0.2) is 47.0 Å². The third kappa shape index (κ3) is 3.52. The van der Waals surface area contributed by atoms with Crippen molar-refractivity contribution in [3.05, 3.63) is 41.4 Å². The number of nitrogens with one attached hydrogen (secondary N) is 2. The monoisotopic (exact) mass is 344 g/mol. The maximum Gasteiger partial charge on any atom is 0.288 e. The summed E-state index contributed by atoms with van der Waals surface area (Å²) in [5.41, 5.74) is 2.17. The normalized spacial score (nSPS) is 16.8. The minimum Gasteiger partial charge on any atom is -0.378 e. The van der Waals surface area contributed by atoms with Crippen LogP contribution in [0.1, 0.15) is 28.3 Å². The Bertz CT molecular complexity index is 797. The van der Waals surface area contributed by atoms with Crippen molar-refractivity contribution >= 4 is 17.4 Å². The van der Waals surface area contributed by atoms with Crippen molar-refractivity contribution in [3.8, 4) is 0 Å². The molecule has 8 heteroatoms. The molecule has 2 aromatic heterocycles. The summed E-state index contributed by atoms with van der Waals surface area (Å²) in [6.45, 7) is 5.26. The average molecular weight is 344 g/mol. The van der Waals surface area contributed by atoms with Gasteiger partial charge in [-0.3, -0.25) is 9.78 Å². The minimum absolute atomic E-state index is 0.0926. The highest BCUT2D eigenvalue weighted by Crippen LogP contribution is 2.25. The number of nitrogens with zero attached hydrogens (tertiary/aromatic N) is 4. The van der Waals surface area contributed by atoms with Crippen LogP contribution < -0.4 is 15.5 Å². The second kappa shape index (κ2) is 7.00. The molecule has 2 N–H and O–H groups in total. The Morgan fingerprint density at radius 1 is 1.36 bits per heavy atom. The number of rotatable bonds is 4. The molecule has 0 aromatic carbocycles. The third-order valence-electron chi connectivity index (χ3n) is 4.41. The van der Waals surface area contributed by atoms with Crippen molar-refractivity contribution in [1.29, 1.82) is 0 Å². The van der Waals surface area contributed by atoms with Crippen LogP contribution in [0.15, 0.2) is 18.5 Å². The third-order valence-corrected chi connectivity index (χ3v) is 4.41. The quantitative estimate of drug-likeness (QED) is 0.878. The lowest BCUT2D eigenvalue weighted by molar-refractivity contribution is 0.0952. The van der Waals surface area contributed by atoms with Gasteiger partial charge in [-0.2, -0.15) is 0 Å². The molecule has 0 aliphatic carbocycles. The van der Waals surface area contributed by atoms with Crippen LogP contribution in [0.4, 0.5) is 15.9 Å². The Balaban J connectivity index is 1.79. The second-order valence-electron chi connectivity index (χ2n) is 6.09. The molecule has 2 aromatic rings. The van der Waals surface area contributed by atoms with Crippen LogP contribution in [-0.2, 0) is 0 Å². The van der Waals surface area contributed by atoms with Gasteiger partial charge >= 0.3 is 0 Å². The maximum absolute atomic E-state index is 13.8. The predicted molar refractivity (Wildman–Crippen MR) is 93.3 cm³/mol. The fraction of sp³-hybridized carbons (Fsp3) is 0.412. The van der Waals surface area contributed by atoms with Gasteiger partial charge < -0.3 is 15.5 Å². The lowest BCUT2D eigenvalue weighted by Gasteiger charge is -2.21. The number of anilines is 2. The highest BCUT2D eigenvalue weighted by Gasteiger charge is 2.27. The number of hydrogen-bond acceptors (Lipinski definition) is 6. The Kier molecular flexibility index (Phi) is 4.78. The van der Waals surface area contributed by atoms with Gasteiger partial charge in [0, 0.05) is 43.6 Å². The smallest absolute Gasteiger partial charge is 0.288 e. The lowest BCUT2D eigenvalue weighted by atomic mass is 10.2. The van der Waals surface area contributed by atoms with Crippen molar-refractivity contribution in [3.63, 3.8) is 0 Å². The molecule has 0 unspecified atom stereocenters. The van der Waals surface area contributed by atoms with Crippen molar-refractivity contribution in [1.82, 2.24) is 20.3 Å². The van der Waals surface area contributed by atoms with Crippen LogP contribution >= 0.6 is 0 Å². The van der Waals surface area contributed by atoms with E-state index in [-0.39, 0.29) is 23.6 Å². The molecule has 0 saturated carbocycles. The average Bonchev–Trinajstić information content (AvgIpc) is 3.07. The first-order chi connectivity index (χ1) is 12.0. The van der Waals surface area contributed by atoms with E-state index in [2.05, 4.69) is 30.5 Å². The van der Waals surface area contributed by atoms with Gasteiger partial charge in [0.1, 0.15) is 5.82 Å². The predicted octanol–water partition coefficient (Wildman–Crippen LogP) is 1.68. The number of amides is 1. The van der Waals surface area contributed by atoms with Crippen LogP contribution in [0, 0.1) is 19.7 Å². The second-order valence-corrected chi connectivity index (χ2v) is 6.09. The molecule has 1 atom stereocenters. The summed E-state index contributed by atoms with van der Waals surface area (Å²) in [6, 6.07) is 1.72. The van der Waals surface area contributed by atoms with Crippen molar-refractivity contribution in [2.45, 2.75) is 26.3 Å². The highest BCUT2D eigenvalue weighted by molar-refractivity contribution is 5.90. The molecule has 0 bridgehead atoms. The van der Waals surface area contributed by atoms with Gasteiger partial charge in [0.25, 0.3) is 5.91 Å². The molecular formula is C17H21FN6O. The summed E-state index contributed by atoms with van der Waals surface area (Å²) in [4.78, 5) is 26.4. The number of aromatic nitrogens is 3. The maximum atomic E-state index is 13.8. The molecule has 1 aliphatic heterocycles. The lowest BCUT2D eigenvalue weighted by Crippen LogP contribution is -2.29. The van der Waals surface area contributed by atoms with E-state index in [1.807, 2.05) is 13.8 Å². The molecule has 3 heterocycles. The standard InChI is InChI=1S/C17H21FN6O/c1-10-11(2)21-15(17(25)19-3)23-16(10)24-7-5-12(9-24)22-14-4-6-20-8-13(14)18/h4,6,8,12H,5,7,9H2,1-3H3,(H,19,25)(H,20,22)/t12-/m1/s1. The van der Waals surface area contributed by atoms with Crippen LogP contribution in [0.5, 0.6) is 0 Å².